The van der Waals surface area contributed by atoms with Crippen molar-refractivity contribution in [2.24, 2.45) is 0 Å². The normalized spacial score (nSPS) is 27.9. The van der Waals surface area contributed by atoms with Gasteiger partial charge in [-0.3, -0.25) is 9.59 Å². The number of halogens is 1. The minimum Gasteiger partial charge on any atom is -0.352 e. The second-order valence-corrected chi connectivity index (χ2v) is 1.91. The molecule has 1 heterocycles. The van der Waals surface area contributed by atoms with Crippen LogP contribution in [0.15, 0.2) is 0 Å². The van der Waals surface area contributed by atoms with Crippen LogP contribution in [0.1, 0.15) is 6.42 Å². The Morgan fingerprint density at radius 2 is 2.22 bits per heavy atom. The van der Waals surface area contributed by atoms with E-state index in [0.717, 1.165) is 0 Å². The summed E-state index contributed by atoms with van der Waals surface area (Å²) in [6, 6.07) is 0. The van der Waals surface area contributed by atoms with Gasteiger partial charge in [-0.15, -0.1) is 0 Å². The Morgan fingerprint density at radius 1 is 1.56 bits per heavy atom. The molecular weight excluding hydrogens is 125 g/mol. The van der Waals surface area contributed by atoms with Crippen LogP contribution in [0.4, 0.5) is 4.39 Å². The number of ketones is 1. The average molecular weight is 131 g/mol. The predicted octanol–water partition coefficient (Wildman–Crippen LogP) is -0.587. The first-order valence-electron chi connectivity index (χ1n) is 2.63. The lowest BCUT2D eigenvalue weighted by Crippen LogP contribution is -2.42. The molecule has 0 aromatic heterocycles. The van der Waals surface area contributed by atoms with Gasteiger partial charge >= 0.3 is 0 Å². The van der Waals surface area contributed by atoms with Crippen LogP contribution in [0.2, 0.25) is 0 Å². The van der Waals surface area contributed by atoms with Crippen molar-refractivity contribution in [2.45, 2.75) is 12.6 Å². The van der Waals surface area contributed by atoms with E-state index < -0.39 is 12.0 Å². The van der Waals surface area contributed by atoms with Gasteiger partial charge in [-0.1, -0.05) is 0 Å². The van der Waals surface area contributed by atoms with Gasteiger partial charge < -0.3 is 5.32 Å². The van der Waals surface area contributed by atoms with Gasteiger partial charge in [0.15, 0.2) is 12.0 Å². The molecule has 0 aliphatic carbocycles. The molecule has 0 aromatic rings. The molecule has 4 heteroatoms. The lowest BCUT2D eigenvalue weighted by Gasteiger charge is -2.13. The highest BCUT2D eigenvalue weighted by Gasteiger charge is 2.25. The number of alkyl halides is 1. The van der Waals surface area contributed by atoms with Crippen LogP contribution in [0, 0.1) is 0 Å². The Labute approximate surface area is 51.2 Å². The Bertz CT molecular complexity index is 157. The maximum atomic E-state index is 12.2. The lowest BCUT2D eigenvalue weighted by molar-refractivity contribution is -0.134. The van der Waals surface area contributed by atoms with Gasteiger partial charge in [-0.2, -0.15) is 0 Å². The standard InChI is InChI=1S/C5H6FNO2/c6-3-2-7-5(9)1-4(3)8/h3H,1-2H2,(H,7,9). The van der Waals surface area contributed by atoms with Crippen LogP contribution < -0.4 is 5.32 Å². The molecule has 1 unspecified atom stereocenters. The fourth-order valence-electron chi connectivity index (χ4n) is 0.649. The molecule has 0 spiro atoms. The van der Waals surface area contributed by atoms with Crippen molar-refractivity contribution >= 4 is 11.7 Å². The van der Waals surface area contributed by atoms with E-state index in [9.17, 15) is 14.0 Å². The summed E-state index contributed by atoms with van der Waals surface area (Å²) in [5, 5.41) is 2.23. The molecule has 1 aliphatic rings. The highest BCUT2D eigenvalue weighted by molar-refractivity contribution is 6.02. The lowest BCUT2D eigenvalue weighted by atomic mass is 10.1. The Morgan fingerprint density at radius 3 is 2.67 bits per heavy atom. The summed E-state index contributed by atoms with van der Waals surface area (Å²) in [6.45, 7) is -0.155. The number of hydrogen-bond donors (Lipinski definition) is 1. The zero-order valence-electron chi connectivity index (χ0n) is 4.69. The van der Waals surface area contributed by atoms with Gasteiger partial charge in [0.25, 0.3) is 0 Å². The molecule has 0 saturated carbocycles. The van der Waals surface area contributed by atoms with Gasteiger partial charge in [0.2, 0.25) is 5.91 Å². The van der Waals surface area contributed by atoms with E-state index in [-0.39, 0.29) is 18.9 Å². The van der Waals surface area contributed by atoms with Crippen molar-refractivity contribution < 1.29 is 14.0 Å². The minimum absolute atomic E-state index is 0.155. The van der Waals surface area contributed by atoms with E-state index in [1.54, 1.807) is 0 Å². The molecule has 3 nitrogen and oxygen atoms in total. The molecule has 1 aliphatic heterocycles. The summed E-state index contributed by atoms with van der Waals surface area (Å²) in [7, 11) is 0. The highest BCUT2D eigenvalue weighted by atomic mass is 19.1. The van der Waals surface area contributed by atoms with Gasteiger partial charge in [-0.05, 0) is 0 Å². The SMILES string of the molecule is O=C1CC(=O)C(F)CN1. The third-order valence-corrected chi connectivity index (χ3v) is 1.16. The molecule has 1 rings (SSSR count). The van der Waals surface area contributed by atoms with Crippen molar-refractivity contribution in [3.8, 4) is 0 Å². The average Bonchev–Trinajstić information content (AvgIpc) is 1.80. The molecule has 0 aromatic carbocycles. The van der Waals surface area contributed by atoms with E-state index in [1.807, 2.05) is 0 Å². The molecule has 9 heavy (non-hydrogen) atoms. The molecule has 0 bridgehead atoms. The van der Waals surface area contributed by atoms with Crippen LogP contribution in [0.3, 0.4) is 0 Å². The Balaban J connectivity index is 2.54. The summed E-state index contributed by atoms with van der Waals surface area (Å²) >= 11 is 0. The van der Waals surface area contributed by atoms with E-state index in [4.69, 9.17) is 0 Å². The Hall–Kier alpha value is -0.930. The molecule has 0 radical (unpaired) electrons. The summed E-state index contributed by atoms with van der Waals surface area (Å²) in [4.78, 5) is 20.7. The van der Waals surface area contributed by atoms with E-state index >= 15 is 0 Å². The monoisotopic (exact) mass is 131 g/mol. The van der Waals surface area contributed by atoms with Gasteiger partial charge in [0.1, 0.15) is 0 Å². The predicted molar refractivity (Wildman–Crippen MR) is 27.5 cm³/mol. The first-order chi connectivity index (χ1) is 4.20. The molecule has 1 amide bonds. The molecule has 1 saturated heterocycles. The molecule has 1 fully saturated rings. The van der Waals surface area contributed by atoms with Crippen molar-refractivity contribution in [1.29, 1.82) is 0 Å². The fraction of sp³-hybridized carbons (Fsp3) is 0.600. The molecule has 1 atom stereocenters. The van der Waals surface area contributed by atoms with Crippen LogP contribution in [-0.4, -0.2) is 24.4 Å². The quantitative estimate of drug-likeness (QED) is 0.447. The number of carbonyl (C=O) groups is 2. The zero-order valence-corrected chi connectivity index (χ0v) is 4.69. The summed E-state index contributed by atoms with van der Waals surface area (Å²) in [5.41, 5.74) is 0. The second-order valence-electron chi connectivity index (χ2n) is 1.91. The number of nitrogens with one attached hydrogen (secondary N) is 1. The topological polar surface area (TPSA) is 46.2 Å². The van der Waals surface area contributed by atoms with E-state index in [1.165, 1.54) is 0 Å². The number of rotatable bonds is 0. The maximum absolute atomic E-state index is 12.2. The highest BCUT2D eigenvalue weighted by Crippen LogP contribution is 2.00. The second kappa shape index (κ2) is 2.13. The number of amides is 1. The number of hydrogen-bond acceptors (Lipinski definition) is 2. The van der Waals surface area contributed by atoms with Crippen LogP contribution >= 0.6 is 0 Å². The van der Waals surface area contributed by atoms with Crippen molar-refractivity contribution in [3.05, 3.63) is 0 Å². The number of piperidine rings is 1. The van der Waals surface area contributed by atoms with Crippen LogP contribution in [0.25, 0.3) is 0 Å². The molecule has 1 N–H and O–H groups in total. The fourth-order valence-corrected chi connectivity index (χ4v) is 0.649. The number of carbonyl (C=O) groups excluding carboxylic acids is 2. The summed E-state index contributed by atoms with van der Waals surface area (Å²) in [5.74, 6) is -0.993. The van der Waals surface area contributed by atoms with Gasteiger partial charge in [0.05, 0.1) is 13.0 Å². The minimum atomic E-state index is -1.48. The first kappa shape index (κ1) is 6.19. The van der Waals surface area contributed by atoms with Crippen LogP contribution in [0.5, 0.6) is 0 Å². The molecular formula is C5H6FNO2. The van der Waals surface area contributed by atoms with Crippen molar-refractivity contribution in [1.82, 2.24) is 5.32 Å². The third-order valence-electron chi connectivity index (χ3n) is 1.16. The summed E-state index contributed by atoms with van der Waals surface area (Å²) < 4.78 is 12.2. The molecule has 50 valence electrons. The Kier molecular flexibility index (Phi) is 1.46. The van der Waals surface area contributed by atoms with Gasteiger partial charge in [0, 0.05) is 0 Å². The smallest absolute Gasteiger partial charge is 0.227 e. The van der Waals surface area contributed by atoms with E-state index in [0.29, 0.717) is 0 Å². The van der Waals surface area contributed by atoms with E-state index in [2.05, 4.69) is 5.32 Å². The zero-order chi connectivity index (χ0) is 6.85. The van der Waals surface area contributed by atoms with Crippen molar-refractivity contribution in [2.75, 3.05) is 6.54 Å². The van der Waals surface area contributed by atoms with Crippen LogP contribution in [-0.2, 0) is 9.59 Å². The first-order valence-corrected chi connectivity index (χ1v) is 2.63. The third kappa shape index (κ3) is 1.25. The number of Topliss-reactive ketones (excluding diaryl/α,β-unsaturated/α-hetero) is 1. The van der Waals surface area contributed by atoms with Gasteiger partial charge in [-0.25, -0.2) is 4.39 Å². The summed E-state index contributed by atoms with van der Waals surface area (Å²) in [6.07, 6.45) is -1.79. The maximum Gasteiger partial charge on any atom is 0.227 e. The largest absolute Gasteiger partial charge is 0.352 e. The van der Waals surface area contributed by atoms with Crippen molar-refractivity contribution in [3.63, 3.8) is 0 Å².